The molecule has 0 spiro atoms. The molecule has 0 saturated heterocycles. The van der Waals surface area contributed by atoms with Crippen molar-refractivity contribution in [3.63, 3.8) is 0 Å². The van der Waals surface area contributed by atoms with Crippen LogP contribution in [0, 0.1) is 25.7 Å². The van der Waals surface area contributed by atoms with Crippen LogP contribution < -0.4 is 0 Å². The van der Waals surface area contributed by atoms with Crippen LogP contribution in [-0.2, 0) is 33.7 Å². The van der Waals surface area contributed by atoms with Gasteiger partial charge in [0.05, 0.1) is 0 Å². The molecule has 0 N–H and O–H groups in total. The van der Waals surface area contributed by atoms with E-state index in [0.717, 1.165) is 21.4 Å². The van der Waals surface area contributed by atoms with Gasteiger partial charge in [0, 0.05) is 9.52 Å². The molecule has 6 aromatic rings. The van der Waals surface area contributed by atoms with Gasteiger partial charge in [-0.3, -0.25) is 0 Å². The average Bonchev–Trinajstić information content (AvgIpc) is 3.91. The van der Waals surface area contributed by atoms with E-state index in [-0.39, 0.29) is 0 Å². The Morgan fingerprint density at radius 2 is 0.900 bits per heavy atom. The van der Waals surface area contributed by atoms with Crippen LogP contribution >= 0.6 is 17.0 Å². The van der Waals surface area contributed by atoms with Gasteiger partial charge in [0.25, 0.3) is 0 Å². The molecule has 2 unspecified atom stereocenters. The van der Waals surface area contributed by atoms with E-state index in [0.29, 0.717) is 11.8 Å². The third kappa shape index (κ3) is 13.4. The Bertz CT molecular complexity index is 1990. The minimum atomic E-state index is -0.826. The minimum absolute atomic E-state index is 0.637. The van der Waals surface area contributed by atoms with Crippen molar-refractivity contribution >= 4 is 48.1 Å². The first-order valence-corrected chi connectivity index (χ1v) is 31.6. The summed E-state index contributed by atoms with van der Waals surface area (Å²) in [6.45, 7) is 18.0. The van der Waals surface area contributed by atoms with Crippen LogP contribution in [0.25, 0.3) is 43.8 Å². The normalized spacial score (nSPS) is 15.5. The summed E-state index contributed by atoms with van der Waals surface area (Å²) in [4.78, 5) is 0. The molecule has 4 heteroatoms. The van der Waals surface area contributed by atoms with Crippen molar-refractivity contribution in [2.75, 3.05) is 0 Å². The summed E-state index contributed by atoms with van der Waals surface area (Å²) in [5, 5.41) is 5.78. The summed E-state index contributed by atoms with van der Waals surface area (Å²) in [7, 11) is 11.0. The SMILES string of the molecule is CCC(C)c1ccc(-c2ccc(C)c3[cH-]c(CC4CCCCC4)cc23)cc1.CCC(C)c1ccc(-c2ccc(C)c3[cH-]c(CC4CCCCC4)cc23)cc1.C[Si]C.[Cl][Zr+2][Cl]. The second-order valence-electron chi connectivity index (χ2n) is 18.1. The van der Waals surface area contributed by atoms with E-state index < -0.39 is 20.8 Å². The van der Waals surface area contributed by atoms with Gasteiger partial charge in [-0.2, -0.15) is 12.1 Å². The summed E-state index contributed by atoms with van der Waals surface area (Å²) >= 11 is -0.826. The molecule has 2 aliphatic carbocycles. The number of aryl methyl sites for hydroxylation is 2. The fraction of sp³-hybridized carbons (Fsp3) is 0.464. The molecule has 2 fully saturated rings. The molecule has 0 heterocycles. The zero-order valence-corrected chi connectivity index (χ0v) is 43.2. The topological polar surface area (TPSA) is 0 Å². The molecule has 2 radical (unpaired) electrons. The van der Waals surface area contributed by atoms with Crippen LogP contribution in [0.2, 0.25) is 13.1 Å². The molecule has 318 valence electrons. The van der Waals surface area contributed by atoms with Crippen LogP contribution in [0.3, 0.4) is 0 Å². The summed E-state index contributed by atoms with van der Waals surface area (Å²) in [6.07, 6.45) is 19.2. The molecular weight excluding hydrogens is 863 g/mol. The van der Waals surface area contributed by atoms with E-state index in [1.165, 1.54) is 156 Å². The van der Waals surface area contributed by atoms with Crippen molar-refractivity contribution in [3.05, 3.63) is 130 Å². The van der Waals surface area contributed by atoms with Crippen LogP contribution in [0.15, 0.2) is 97.1 Å². The molecule has 0 aliphatic heterocycles. The predicted octanol–water partition coefficient (Wildman–Crippen LogP) is 18.5. The van der Waals surface area contributed by atoms with Gasteiger partial charge < -0.3 is 0 Å². The predicted molar refractivity (Wildman–Crippen MR) is 267 cm³/mol. The quantitative estimate of drug-likeness (QED) is 0.0948. The maximum atomic E-state index is 4.93. The van der Waals surface area contributed by atoms with E-state index in [9.17, 15) is 0 Å². The summed E-state index contributed by atoms with van der Waals surface area (Å²) < 4.78 is 0. The molecule has 2 saturated carbocycles. The van der Waals surface area contributed by atoms with Crippen molar-refractivity contribution in [2.45, 2.75) is 156 Å². The number of benzene rings is 4. The second kappa shape index (κ2) is 25.2. The molecule has 0 amide bonds. The van der Waals surface area contributed by atoms with Crippen LogP contribution in [0.5, 0.6) is 0 Å². The van der Waals surface area contributed by atoms with Gasteiger partial charge in [0.2, 0.25) is 0 Å². The summed E-state index contributed by atoms with van der Waals surface area (Å²) in [6, 6.07) is 37.7. The first-order chi connectivity index (χ1) is 29.1. The van der Waals surface area contributed by atoms with Crippen molar-refractivity contribution < 1.29 is 20.8 Å². The Hall–Kier alpha value is -2.22. The number of hydrogen-bond donors (Lipinski definition) is 0. The van der Waals surface area contributed by atoms with Gasteiger partial charge in [-0.15, -0.1) is 68.1 Å². The summed E-state index contributed by atoms with van der Waals surface area (Å²) in [5.74, 6) is 3.07. The zero-order chi connectivity index (χ0) is 43.0. The van der Waals surface area contributed by atoms with Gasteiger partial charge >= 0.3 is 37.9 Å². The van der Waals surface area contributed by atoms with Crippen LogP contribution in [0.1, 0.15) is 150 Å². The van der Waals surface area contributed by atoms with Gasteiger partial charge in [-0.1, -0.05) is 191 Å². The third-order valence-electron chi connectivity index (χ3n) is 13.6. The Labute approximate surface area is 386 Å². The number of hydrogen-bond acceptors (Lipinski definition) is 0. The molecule has 60 heavy (non-hydrogen) atoms. The van der Waals surface area contributed by atoms with Gasteiger partial charge in [0.15, 0.2) is 0 Å². The number of fused-ring (bicyclic) bond motifs is 2. The Kier molecular flexibility index (Phi) is 20.5. The maximum absolute atomic E-state index is 4.93. The molecule has 0 bridgehead atoms. The van der Waals surface area contributed by atoms with Gasteiger partial charge in [-0.05, 0) is 71.6 Å². The van der Waals surface area contributed by atoms with E-state index in [2.05, 4.69) is 152 Å². The van der Waals surface area contributed by atoms with E-state index >= 15 is 0 Å². The summed E-state index contributed by atoms with van der Waals surface area (Å²) in [5.41, 5.74) is 14.3. The molecule has 6 aromatic carbocycles. The van der Waals surface area contributed by atoms with Gasteiger partial charge in [0.1, 0.15) is 0 Å². The monoisotopic (exact) mass is 932 g/mol. The molecule has 2 atom stereocenters. The second-order valence-corrected chi connectivity index (χ2v) is 22.8. The number of halogens is 2. The van der Waals surface area contributed by atoms with E-state index in [1.807, 2.05) is 0 Å². The molecule has 0 nitrogen and oxygen atoms in total. The fourth-order valence-electron chi connectivity index (χ4n) is 9.65. The Morgan fingerprint density at radius 3 is 1.22 bits per heavy atom. The van der Waals surface area contributed by atoms with Gasteiger partial charge in [-0.25, -0.2) is 0 Å². The molecular formula is C56H72Cl2SiZr. The third-order valence-corrected chi connectivity index (χ3v) is 13.6. The Balaban J connectivity index is 0.000000201. The van der Waals surface area contributed by atoms with E-state index in [1.54, 1.807) is 11.1 Å². The zero-order valence-electron chi connectivity index (χ0n) is 38.2. The first-order valence-electron chi connectivity index (χ1n) is 23.3. The van der Waals surface area contributed by atoms with Crippen LogP contribution in [0.4, 0.5) is 0 Å². The molecule has 8 rings (SSSR count). The fourth-order valence-corrected chi connectivity index (χ4v) is 9.65. The van der Waals surface area contributed by atoms with E-state index in [4.69, 9.17) is 17.0 Å². The van der Waals surface area contributed by atoms with Crippen molar-refractivity contribution in [3.8, 4) is 22.3 Å². The first kappa shape index (κ1) is 48.8. The van der Waals surface area contributed by atoms with Crippen molar-refractivity contribution in [1.82, 2.24) is 0 Å². The molecule has 2 aliphatic rings. The molecule has 0 aromatic heterocycles. The van der Waals surface area contributed by atoms with Crippen LogP contribution in [-0.4, -0.2) is 9.52 Å². The standard InChI is InChI=1S/2C27H33.C2H6Si.2ClH.Zr/c2*1-4-19(2)23-11-13-24(14-12-23)25-15-10-20(3)26-17-22(18-27(25)26)16-21-8-6-5-7-9-21;1-3-2;;;/h2*10-15,17-19,21H,4-9,16H2,1-3H3;1-2H3;2*1H;/q2*-1;;;;+4/p-2. The number of rotatable bonds is 10. The van der Waals surface area contributed by atoms with Crippen molar-refractivity contribution in [1.29, 1.82) is 0 Å². The van der Waals surface area contributed by atoms with Crippen molar-refractivity contribution in [2.24, 2.45) is 11.8 Å². The Morgan fingerprint density at radius 1 is 0.567 bits per heavy atom. The average molecular weight is 935 g/mol.